The van der Waals surface area contributed by atoms with E-state index in [0.29, 0.717) is 0 Å². The van der Waals surface area contributed by atoms with Crippen molar-refractivity contribution in [2.75, 3.05) is 0 Å². The van der Waals surface area contributed by atoms with Gasteiger partial charge in [-0.3, -0.25) is 0 Å². The van der Waals surface area contributed by atoms with Crippen LogP contribution in [0.4, 0.5) is 17.6 Å². The second-order valence-electron chi connectivity index (χ2n) is 5.05. The molecule has 3 rings (SSSR count). The summed E-state index contributed by atoms with van der Waals surface area (Å²) >= 11 is 0. The summed E-state index contributed by atoms with van der Waals surface area (Å²) in [7, 11) is -4.60. The lowest BCUT2D eigenvalue weighted by Gasteiger charge is -2.21. The maximum atomic E-state index is 13.3. The SMILES string of the molecule is O=S(=O)(NC(c1ccc(F)cc1)C(F)(F)F)c1cc2ncccn2n1. The number of hydrogen-bond acceptors (Lipinski definition) is 4. The van der Waals surface area contributed by atoms with Crippen LogP contribution in [0.15, 0.2) is 53.8 Å². The molecular formula is C14H10F4N4O2S. The molecular weight excluding hydrogens is 364 g/mol. The van der Waals surface area contributed by atoms with E-state index < -0.39 is 38.6 Å². The molecule has 0 aliphatic rings. The number of aromatic nitrogens is 3. The molecule has 0 amide bonds. The van der Waals surface area contributed by atoms with Gasteiger partial charge in [0.05, 0.1) is 0 Å². The van der Waals surface area contributed by atoms with E-state index in [-0.39, 0.29) is 5.65 Å². The number of alkyl halides is 3. The van der Waals surface area contributed by atoms with Gasteiger partial charge in [0.1, 0.15) is 11.9 Å². The average Bonchev–Trinajstić information content (AvgIpc) is 2.98. The highest BCUT2D eigenvalue weighted by Crippen LogP contribution is 2.34. The van der Waals surface area contributed by atoms with Crippen LogP contribution in [-0.4, -0.2) is 29.2 Å². The van der Waals surface area contributed by atoms with Gasteiger partial charge < -0.3 is 0 Å². The molecule has 0 radical (unpaired) electrons. The number of rotatable bonds is 4. The van der Waals surface area contributed by atoms with Crippen molar-refractivity contribution in [1.82, 2.24) is 19.3 Å². The van der Waals surface area contributed by atoms with Crippen molar-refractivity contribution in [2.45, 2.75) is 17.2 Å². The minimum Gasteiger partial charge on any atom is -0.237 e. The average molecular weight is 374 g/mol. The number of nitrogens with zero attached hydrogens (tertiary/aromatic N) is 3. The van der Waals surface area contributed by atoms with E-state index in [2.05, 4.69) is 10.1 Å². The molecule has 0 aliphatic carbocycles. The Kier molecular flexibility index (Phi) is 4.21. The third-order valence-corrected chi connectivity index (χ3v) is 4.59. The number of benzene rings is 1. The van der Waals surface area contributed by atoms with E-state index in [9.17, 15) is 26.0 Å². The largest absolute Gasteiger partial charge is 0.408 e. The third-order valence-electron chi connectivity index (χ3n) is 3.29. The smallest absolute Gasteiger partial charge is 0.237 e. The predicted octanol–water partition coefficient (Wildman–Crippen LogP) is 2.45. The Balaban J connectivity index is 1.99. The van der Waals surface area contributed by atoms with Crippen molar-refractivity contribution in [2.24, 2.45) is 0 Å². The van der Waals surface area contributed by atoms with Gasteiger partial charge in [0.25, 0.3) is 10.0 Å². The quantitative estimate of drug-likeness (QED) is 0.712. The summed E-state index contributed by atoms with van der Waals surface area (Å²) in [6.07, 6.45) is -2.14. The molecule has 0 saturated heterocycles. The van der Waals surface area contributed by atoms with E-state index in [1.807, 2.05) is 0 Å². The molecule has 1 atom stereocenters. The molecule has 1 aromatic carbocycles. The number of fused-ring (bicyclic) bond motifs is 1. The molecule has 2 aromatic heterocycles. The minimum atomic E-state index is -4.93. The van der Waals surface area contributed by atoms with Crippen molar-refractivity contribution in [3.8, 4) is 0 Å². The van der Waals surface area contributed by atoms with Crippen LogP contribution in [0.2, 0.25) is 0 Å². The van der Waals surface area contributed by atoms with Gasteiger partial charge >= 0.3 is 6.18 Å². The number of halogens is 4. The lowest BCUT2D eigenvalue weighted by molar-refractivity contribution is -0.153. The standard InChI is InChI=1S/C14H10F4N4O2S/c15-10-4-2-9(3-5-10)13(14(16,17)18)21-25(23,24)12-8-11-19-6-1-7-22(11)20-12/h1-8,13,21H. The third kappa shape index (κ3) is 3.61. The fourth-order valence-electron chi connectivity index (χ4n) is 2.13. The van der Waals surface area contributed by atoms with Crippen molar-refractivity contribution < 1.29 is 26.0 Å². The number of nitrogens with one attached hydrogen (secondary N) is 1. The highest BCUT2D eigenvalue weighted by molar-refractivity contribution is 7.89. The van der Waals surface area contributed by atoms with Crippen molar-refractivity contribution in [1.29, 1.82) is 0 Å². The predicted molar refractivity (Wildman–Crippen MR) is 78.5 cm³/mol. The molecule has 2 heterocycles. The summed E-state index contributed by atoms with van der Waals surface area (Å²) in [5.41, 5.74) is -0.285. The summed E-state index contributed by atoms with van der Waals surface area (Å²) in [6.45, 7) is 0. The molecule has 0 spiro atoms. The van der Waals surface area contributed by atoms with E-state index >= 15 is 0 Å². The van der Waals surface area contributed by atoms with E-state index in [1.165, 1.54) is 18.5 Å². The van der Waals surface area contributed by atoms with Crippen LogP contribution in [0.25, 0.3) is 5.65 Å². The van der Waals surface area contributed by atoms with Crippen molar-refractivity contribution in [3.05, 3.63) is 60.2 Å². The van der Waals surface area contributed by atoms with Crippen LogP contribution >= 0.6 is 0 Å². The van der Waals surface area contributed by atoms with E-state index in [1.54, 1.807) is 4.72 Å². The van der Waals surface area contributed by atoms with E-state index in [4.69, 9.17) is 0 Å². The summed E-state index contributed by atoms with van der Waals surface area (Å²) in [5.74, 6) is -0.737. The fourth-order valence-corrected chi connectivity index (χ4v) is 3.29. The van der Waals surface area contributed by atoms with Gasteiger partial charge in [0, 0.05) is 18.5 Å². The van der Waals surface area contributed by atoms with Crippen LogP contribution in [0, 0.1) is 5.82 Å². The van der Waals surface area contributed by atoms with Crippen LogP contribution < -0.4 is 4.72 Å². The number of sulfonamides is 1. The highest BCUT2D eigenvalue weighted by atomic mass is 32.2. The van der Waals surface area contributed by atoms with Gasteiger partial charge in [-0.1, -0.05) is 12.1 Å². The van der Waals surface area contributed by atoms with E-state index in [0.717, 1.165) is 34.8 Å². The first-order valence-corrected chi connectivity index (χ1v) is 8.30. The molecule has 25 heavy (non-hydrogen) atoms. The minimum absolute atomic E-state index is 0.160. The van der Waals surface area contributed by atoms with Gasteiger partial charge in [-0.25, -0.2) is 22.3 Å². The maximum Gasteiger partial charge on any atom is 0.408 e. The summed E-state index contributed by atoms with van der Waals surface area (Å²) in [4.78, 5) is 3.86. The van der Waals surface area contributed by atoms with Crippen LogP contribution in [0.1, 0.15) is 11.6 Å². The van der Waals surface area contributed by atoms with Crippen LogP contribution in [0.3, 0.4) is 0 Å². The molecule has 132 valence electrons. The zero-order valence-electron chi connectivity index (χ0n) is 12.3. The fraction of sp³-hybridized carbons (Fsp3) is 0.143. The van der Waals surface area contributed by atoms with Crippen molar-refractivity contribution in [3.63, 3.8) is 0 Å². The first-order chi connectivity index (χ1) is 11.7. The molecule has 0 bridgehead atoms. The molecule has 1 unspecified atom stereocenters. The zero-order valence-corrected chi connectivity index (χ0v) is 13.1. The van der Waals surface area contributed by atoms with Gasteiger partial charge in [0.15, 0.2) is 10.7 Å². The van der Waals surface area contributed by atoms with Crippen LogP contribution in [0.5, 0.6) is 0 Å². The molecule has 0 saturated carbocycles. The van der Waals surface area contributed by atoms with Crippen molar-refractivity contribution >= 4 is 15.7 Å². The summed E-state index contributed by atoms with van der Waals surface area (Å²) in [6, 6.07) is 3.34. The first-order valence-electron chi connectivity index (χ1n) is 6.82. The van der Waals surface area contributed by atoms with Gasteiger partial charge in [0.2, 0.25) is 0 Å². The lowest BCUT2D eigenvalue weighted by atomic mass is 10.1. The lowest BCUT2D eigenvalue weighted by Crippen LogP contribution is -2.38. The van der Waals surface area contributed by atoms with Gasteiger partial charge in [-0.15, -0.1) is 0 Å². The Bertz CT molecular complexity index is 967. The zero-order chi connectivity index (χ0) is 18.2. The number of hydrogen-bond donors (Lipinski definition) is 1. The van der Waals surface area contributed by atoms with Gasteiger partial charge in [-0.2, -0.15) is 23.0 Å². The monoisotopic (exact) mass is 374 g/mol. The summed E-state index contributed by atoms with van der Waals surface area (Å²) < 4.78 is 80.1. The molecule has 0 aliphatic heterocycles. The molecule has 6 nitrogen and oxygen atoms in total. The Morgan fingerprint density at radius 1 is 1.16 bits per heavy atom. The Labute approximate surface area is 139 Å². The topological polar surface area (TPSA) is 76.4 Å². The maximum absolute atomic E-state index is 13.3. The molecule has 11 heteroatoms. The molecule has 0 fully saturated rings. The molecule has 1 N–H and O–H groups in total. The Hall–Kier alpha value is -2.53. The Morgan fingerprint density at radius 2 is 1.84 bits per heavy atom. The second kappa shape index (κ2) is 6.08. The second-order valence-corrected chi connectivity index (χ2v) is 6.71. The first kappa shape index (κ1) is 17.3. The highest BCUT2D eigenvalue weighted by Gasteiger charge is 2.44. The normalized spacial score (nSPS) is 13.9. The molecule has 3 aromatic rings. The Morgan fingerprint density at radius 3 is 2.44 bits per heavy atom. The van der Waals surface area contributed by atoms with Crippen LogP contribution in [-0.2, 0) is 10.0 Å². The van der Waals surface area contributed by atoms with Gasteiger partial charge in [-0.05, 0) is 23.8 Å². The summed E-state index contributed by atoms with van der Waals surface area (Å²) in [5, 5.41) is 3.09.